The number of carbonyl (C=O) groups excluding carboxylic acids is 1. The number of rotatable bonds is 6. The third-order valence-corrected chi connectivity index (χ3v) is 6.05. The minimum atomic E-state index is -2.58. The normalized spacial score (nSPS) is 10.3. The van der Waals surface area contributed by atoms with Crippen molar-refractivity contribution in [1.82, 2.24) is 9.55 Å². The predicted molar refractivity (Wildman–Crippen MR) is 145 cm³/mol. The van der Waals surface area contributed by atoms with Crippen molar-refractivity contribution in [2.24, 2.45) is 4.36 Å². The minimum Gasteiger partial charge on any atom is -0.465 e. The Bertz CT molecular complexity index is 1700. The lowest BCUT2D eigenvalue weighted by Crippen LogP contribution is -2.15. The van der Waals surface area contributed by atoms with Gasteiger partial charge in [-0.05, 0) is 53.6 Å². The second kappa shape index (κ2) is 12.4. The maximum absolute atomic E-state index is 12.1. The first-order valence-electron chi connectivity index (χ1n) is 11.9. The summed E-state index contributed by atoms with van der Waals surface area (Å²) in [7, 11) is -2.58. The molecule has 0 aliphatic rings. The number of aromatic nitrogens is 2. The van der Waals surface area contributed by atoms with Crippen LogP contribution < -0.4 is 0 Å². The molecule has 0 aliphatic carbocycles. The molecule has 0 atom stereocenters. The van der Waals surface area contributed by atoms with Crippen LogP contribution in [0.3, 0.4) is 0 Å². The molecule has 1 heterocycles. The van der Waals surface area contributed by atoms with Gasteiger partial charge in [0.2, 0.25) is 0 Å². The number of hydrogen-bond donors (Lipinski definition) is 0. The first-order valence-corrected chi connectivity index (χ1v) is 12.9. The highest BCUT2D eigenvalue weighted by Crippen LogP contribution is 2.24. The molecule has 0 N–H and O–H groups in total. The van der Waals surface area contributed by atoms with Crippen molar-refractivity contribution >= 4 is 44.0 Å². The molecule has 5 aromatic rings. The maximum atomic E-state index is 12.1. The van der Waals surface area contributed by atoms with E-state index in [1.165, 1.54) is 10.8 Å². The highest BCUT2D eigenvalue weighted by Gasteiger charge is 2.15. The Balaban J connectivity index is 0.000000278. The summed E-state index contributed by atoms with van der Waals surface area (Å²) in [5.74, 6) is 0.200. The molecule has 0 aliphatic heterocycles. The molecule has 190 valence electrons. The van der Waals surface area contributed by atoms with E-state index < -0.39 is 16.5 Å². The Kier molecular flexibility index (Phi) is 8.59. The molecule has 5 rings (SSSR count). The van der Waals surface area contributed by atoms with Gasteiger partial charge in [-0.3, -0.25) is 4.79 Å². The summed E-state index contributed by atoms with van der Waals surface area (Å²) in [4.78, 5) is 16.7. The summed E-state index contributed by atoms with van der Waals surface area (Å²) >= 11 is 0. The van der Waals surface area contributed by atoms with E-state index in [9.17, 15) is 13.2 Å². The Morgan fingerprint density at radius 1 is 0.974 bits per heavy atom. The molecule has 0 amide bonds. The second-order valence-corrected chi connectivity index (χ2v) is 8.85. The van der Waals surface area contributed by atoms with Crippen LogP contribution in [0.2, 0.25) is 0 Å². The smallest absolute Gasteiger partial charge is 0.326 e. The molecule has 0 spiro atoms. The molecule has 0 radical (unpaired) electrons. The van der Waals surface area contributed by atoms with Gasteiger partial charge in [0.1, 0.15) is 12.4 Å². The van der Waals surface area contributed by atoms with E-state index in [2.05, 4.69) is 63.9 Å². The Hall–Kier alpha value is -4.81. The number of nitriles is 1. The number of imidazole rings is 1. The Morgan fingerprint density at radius 2 is 1.61 bits per heavy atom. The first-order chi connectivity index (χ1) is 18.5. The number of hydrogen-bond acceptors (Lipinski definition) is 7. The lowest BCUT2D eigenvalue weighted by molar-refractivity contribution is -0.143. The SMILES string of the molecule is CCOC(=O)Cn1c(Cc2ccc(C#N)cc2)nc2ccc(N=S(=O)=O)cc21.c1ccc2ccccc2c1. The van der Waals surface area contributed by atoms with Crippen LogP contribution in [-0.4, -0.2) is 30.5 Å². The van der Waals surface area contributed by atoms with Gasteiger partial charge in [0, 0.05) is 6.42 Å². The fourth-order valence-corrected chi connectivity index (χ4v) is 4.25. The van der Waals surface area contributed by atoms with E-state index in [4.69, 9.17) is 10.00 Å². The molecule has 9 heteroatoms. The van der Waals surface area contributed by atoms with E-state index in [0.29, 0.717) is 28.8 Å². The molecule has 0 fully saturated rings. The van der Waals surface area contributed by atoms with Gasteiger partial charge < -0.3 is 9.30 Å². The molecule has 1 aromatic heterocycles. The van der Waals surface area contributed by atoms with Crippen LogP contribution in [0.25, 0.3) is 21.8 Å². The Morgan fingerprint density at radius 3 is 2.16 bits per heavy atom. The van der Waals surface area contributed by atoms with Gasteiger partial charge in [-0.15, -0.1) is 4.36 Å². The van der Waals surface area contributed by atoms with Gasteiger partial charge in [-0.1, -0.05) is 60.7 Å². The van der Waals surface area contributed by atoms with Gasteiger partial charge in [0.25, 0.3) is 0 Å². The molecule has 0 unspecified atom stereocenters. The molecule has 38 heavy (non-hydrogen) atoms. The highest BCUT2D eigenvalue weighted by atomic mass is 32.2. The van der Waals surface area contributed by atoms with Crippen molar-refractivity contribution < 1.29 is 17.9 Å². The molecule has 8 nitrogen and oxygen atoms in total. The summed E-state index contributed by atoms with van der Waals surface area (Å²) < 4.78 is 32.0. The predicted octanol–water partition coefficient (Wildman–Crippen LogP) is 5.60. The topological polar surface area (TPSA) is 114 Å². The fraction of sp³-hybridized carbons (Fsp3) is 0.138. The standard InChI is InChI=1S/C19H16N4O4S.C10H8/c1-2-27-19(24)12-23-17-10-15(22-28(25)26)7-8-16(17)21-18(23)9-13-3-5-14(11-20)6-4-13;1-2-6-10-8-4-3-7-9(10)5-1/h3-8,10H,2,9,12H2,1H3;1-8H. The minimum absolute atomic E-state index is 0.0557. The zero-order chi connectivity index (χ0) is 26.9. The van der Waals surface area contributed by atoms with Crippen LogP contribution in [0.4, 0.5) is 5.69 Å². The summed E-state index contributed by atoms with van der Waals surface area (Å²) in [6, 6.07) is 30.6. The maximum Gasteiger partial charge on any atom is 0.326 e. The van der Waals surface area contributed by atoms with Crippen LogP contribution in [0.1, 0.15) is 23.9 Å². The van der Waals surface area contributed by atoms with Gasteiger partial charge >= 0.3 is 16.5 Å². The van der Waals surface area contributed by atoms with Crippen LogP contribution >= 0.6 is 0 Å². The average Bonchev–Trinajstić information content (AvgIpc) is 3.25. The van der Waals surface area contributed by atoms with Crippen molar-refractivity contribution in [2.45, 2.75) is 19.9 Å². The third-order valence-electron chi connectivity index (χ3n) is 5.69. The second-order valence-electron chi connectivity index (χ2n) is 8.23. The molecular formula is C29H24N4O4S. The molecule has 0 saturated carbocycles. The van der Waals surface area contributed by atoms with Crippen LogP contribution in [-0.2, 0) is 33.0 Å². The largest absolute Gasteiger partial charge is 0.465 e. The van der Waals surface area contributed by atoms with E-state index in [1.807, 2.05) is 12.1 Å². The number of benzene rings is 4. The van der Waals surface area contributed by atoms with Crippen molar-refractivity contribution in [3.63, 3.8) is 0 Å². The molecule has 4 aromatic carbocycles. The van der Waals surface area contributed by atoms with Crippen molar-refractivity contribution in [3.05, 3.63) is 108 Å². The van der Waals surface area contributed by atoms with Crippen molar-refractivity contribution in [3.8, 4) is 6.07 Å². The van der Waals surface area contributed by atoms with Gasteiger partial charge in [-0.2, -0.15) is 13.7 Å². The van der Waals surface area contributed by atoms with E-state index >= 15 is 0 Å². The highest BCUT2D eigenvalue weighted by molar-refractivity contribution is 7.61. The van der Waals surface area contributed by atoms with Gasteiger partial charge in [0.15, 0.2) is 0 Å². The fourth-order valence-electron chi connectivity index (χ4n) is 3.96. The van der Waals surface area contributed by atoms with Crippen LogP contribution in [0.5, 0.6) is 0 Å². The Labute approximate surface area is 221 Å². The zero-order valence-corrected chi connectivity index (χ0v) is 21.4. The van der Waals surface area contributed by atoms with Crippen LogP contribution in [0.15, 0.2) is 95.4 Å². The number of fused-ring (bicyclic) bond motifs is 2. The third kappa shape index (κ3) is 6.69. The number of esters is 1. The van der Waals surface area contributed by atoms with Gasteiger partial charge in [0.05, 0.1) is 35.0 Å². The van der Waals surface area contributed by atoms with Gasteiger partial charge in [-0.25, -0.2) is 4.98 Å². The van der Waals surface area contributed by atoms with Crippen molar-refractivity contribution in [2.75, 3.05) is 6.61 Å². The number of carbonyl (C=O) groups is 1. The molecule has 0 bridgehead atoms. The number of nitrogens with zero attached hydrogens (tertiary/aromatic N) is 4. The summed E-state index contributed by atoms with van der Waals surface area (Å²) in [5.41, 5.74) is 2.92. The van der Waals surface area contributed by atoms with Crippen molar-refractivity contribution in [1.29, 1.82) is 5.26 Å². The monoisotopic (exact) mass is 524 g/mol. The lowest BCUT2D eigenvalue weighted by atomic mass is 10.1. The summed E-state index contributed by atoms with van der Waals surface area (Å²) in [5, 5.41) is 11.5. The zero-order valence-electron chi connectivity index (χ0n) is 20.6. The lowest BCUT2D eigenvalue weighted by Gasteiger charge is -2.09. The summed E-state index contributed by atoms with van der Waals surface area (Å²) in [6.07, 6.45) is 0.430. The van der Waals surface area contributed by atoms with E-state index in [-0.39, 0.29) is 18.8 Å². The van der Waals surface area contributed by atoms with Crippen LogP contribution in [0, 0.1) is 11.3 Å². The van der Waals surface area contributed by atoms with E-state index in [0.717, 1.165) is 5.56 Å². The van der Waals surface area contributed by atoms with E-state index in [1.54, 1.807) is 41.8 Å². The molecular weight excluding hydrogens is 500 g/mol. The average molecular weight is 525 g/mol. The molecule has 0 saturated heterocycles. The summed E-state index contributed by atoms with van der Waals surface area (Å²) in [6.45, 7) is 1.92. The quantitative estimate of drug-likeness (QED) is 0.267. The number of ether oxygens (including phenoxy) is 1. The first kappa shape index (κ1) is 26.3.